The Morgan fingerprint density at radius 3 is 2.29 bits per heavy atom. The van der Waals surface area contributed by atoms with Crippen LogP contribution in [0.3, 0.4) is 0 Å². The zero-order valence-electron chi connectivity index (χ0n) is 20.0. The minimum atomic E-state index is -0.733. The molecule has 0 aliphatic heterocycles. The highest BCUT2D eigenvalue weighted by Crippen LogP contribution is 2.48. The topological polar surface area (TPSA) is 85.5 Å². The van der Waals surface area contributed by atoms with E-state index in [1.54, 1.807) is 0 Å². The predicted octanol–water partition coefficient (Wildman–Crippen LogP) is 6.21. The molecule has 4 aromatic rings. The summed E-state index contributed by atoms with van der Waals surface area (Å²) in [5.74, 6) is 0.637. The van der Waals surface area contributed by atoms with Crippen LogP contribution < -0.4 is 4.74 Å². The second kappa shape index (κ2) is 9.37. The average molecular weight is 469 g/mol. The van der Waals surface area contributed by atoms with Crippen LogP contribution in [0.15, 0.2) is 71.3 Å². The van der Waals surface area contributed by atoms with Gasteiger partial charge in [-0.1, -0.05) is 66.7 Å². The fourth-order valence-electron chi connectivity index (χ4n) is 4.39. The van der Waals surface area contributed by atoms with E-state index < -0.39 is 11.4 Å². The number of benzene rings is 2. The van der Waals surface area contributed by atoms with E-state index in [4.69, 9.17) is 9.26 Å². The molecule has 2 aromatic heterocycles. The number of carboxylic acids is 1. The van der Waals surface area contributed by atoms with Crippen molar-refractivity contribution >= 4 is 5.97 Å². The number of ether oxygens (including phenoxy) is 1. The van der Waals surface area contributed by atoms with Gasteiger partial charge in [0.2, 0.25) is 5.88 Å². The Hall–Kier alpha value is -3.93. The van der Waals surface area contributed by atoms with Crippen molar-refractivity contribution < 1.29 is 19.2 Å². The lowest BCUT2D eigenvalue weighted by atomic mass is 9.93. The van der Waals surface area contributed by atoms with Gasteiger partial charge >= 0.3 is 5.97 Å². The molecule has 0 unspecified atom stereocenters. The van der Waals surface area contributed by atoms with Crippen molar-refractivity contribution in [1.29, 1.82) is 0 Å². The fourth-order valence-corrected chi connectivity index (χ4v) is 4.39. The molecule has 35 heavy (non-hydrogen) atoms. The van der Waals surface area contributed by atoms with Crippen molar-refractivity contribution in [2.24, 2.45) is 0 Å². The zero-order chi connectivity index (χ0) is 24.4. The van der Waals surface area contributed by atoms with Gasteiger partial charge < -0.3 is 14.4 Å². The van der Waals surface area contributed by atoms with Gasteiger partial charge in [0.1, 0.15) is 0 Å². The Kier molecular flexibility index (Phi) is 6.12. The summed E-state index contributed by atoms with van der Waals surface area (Å²) in [5, 5.41) is 13.7. The van der Waals surface area contributed by atoms with Gasteiger partial charge in [-0.2, -0.15) is 0 Å². The first kappa shape index (κ1) is 22.8. The number of aromatic nitrogens is 2. The molecule has 6 nitrogen and oxygen atoms in total. The molecule has 2 heterocycles. The van der Waals surface area contributed by atoms with Crippen molar-refractivity contribution in [1.82, 2.24) is 10.1 Å². The van der Waals surface area contributed by atoms with Crippen LogP contribution in [0.25, 0.3) is 22.5 Å². The quantitative estimate of drug-likeness (QED) is 0.314. The van der Waals surface area contributed by atoms with E-state index in [9.17, 15) is 9.90 Å². The van der Waals surface area contributed by atoms with Gasteiger partial charge in [0, 0.05) is 29.3 Å². The number of aryl methyl sites for hydroxylation is 1. The number of hydrogen-bond donors (Lipinski definition) is 1. The molecule has 0 atom stereocenters. The molecule has 1 aliphatic rings. The van der Waals surface area contributed by atoms with Gasteiger partial charge in [0.05, 0.1) is 17.7 Å². The Morgan fingerprint density at radius 2 is 1.66 bits per heavy atom. The summed E-state index contributed by atoms with van der Waals surface area (Å²) >= 11 is 0. The van der Waals surface area contributed by atoms with Crippen LogP contribution in [0.1, 0.15) is 48.7 Å². The number of carbonyl (C=O) groups is 1. The largest absolute Gasteiger partial charge is 0.481 e. The maximum atomic E-state index is 11.6. The molecule has 1 N–H and O–H groups in total. The molecule has 2 aromatic carbocycles. The number of pyridine rings is 1. The van der Waals surface area contributed by atoms with E-state index in [0.29, 0.717) is 31.7 Å². The normalized spacial score (nSPS) is 14.0. The maximum Gasteiger partial charge on any atom is 0.314 e. The lowest BCUT2D eigenvalue weighted by Gasteiger charge is -2.11. The highest BCUT2D eigenvalue weighted by molar-refractivity contribution is 5.85. The van der Waals surface area contributed by atoms with E-state index in [1.807, 2.05) is 73.7 Å². The summed E-state index contributed by atoms with van der Waals surface area (Å²) in [6, 6.07) is 21.8. The van der Waals surface area contributed by atoms with Crippen LogP contribution in [-0.4, -0.2) is 27.8 Å². The van der Waals surface area contributed by atoms with Crippen LogP contribution in [0.2, 0.25) is 0 Å². The van der Waals surface area contributed by atoms with Crippen LogP contribution in [0.5, 0.6) is 5.88 Å². The van der Waals surface area contributed by atoms with E-state index in [-0.39, 0.29) is 0 Å². The molecule has 1 fully saturated rings. The highest BCUT2D eigenvalue weighted by Gasteiger charge is 2.51. The molecular formula is C29H28N2O4. The molecule has 0 bridgehead atoms. The summed E-state index contributed by atoms with van der Waals surface area (Å²) in [7, 11) is 0. The molecule has 0 amide bonds. The third-order valence-electron chi connectivity index (χ3n) is 6.66. The van der Waals surface area contributed by atoms with Crippen molar-refractivity contribution in [3.63, 3.8) is 0 Å². The first-order valence-corrected chi connectivity index (χ1v) is 12.0. The smallest absolute Gasteiger partial charge is 0.314 e. The van der Waals surface area contributed by atoms with E-state index >= 15 is 0 Å². The Bertz CT molecular complexity index is 1340. The number of aliphatic carboxylic acids is 1. The van der Waals surface area contributed by atoms with Gasteiger partial charge in [-0.3, -0.25) is 4.79 Å². The van der Waals surface area contributed by atoms with Gasteiger partial charge in [0.15, 0.2) is 5.76 Å². The van der Waals surface area contributed by atoms with Crippen LogP contribution in [0.4, 0.5) is 0 Å². The van der Waals surface area contributed by atoms with Gasteiger partial charge in [0.25, 0.3) is 0 Å². The number of nitrogens with zero attached hydrogens (tertiary/aromatic N) is 2. The molecule has 5 rings (SSSR count). The Balaban J connectivity index is 1.35. The molecule has 1 saturated carbocycles. The molecule has 0 spiro atoms. The highest BCUT2D eigenvalue weighted by atomic mass is 16.5. The van der Waals surface area contributed by atoms with Crippen molar-refractivity contribution in [3.8, 4) is 28.3 Å². The third-order valence-corrected chi connectivity index (χ3v) is 6.66. The molecule has 0 saturated heterocycles. The number of carboxylic acid groups (broad SMARTS) is 1. The van der Waals surface area contributed by atoms with E-state index in [1.165, 1.54) is 0 Å². The van der Waals surface area contributed by atoms with E-state index in [0.717, 1.165) is 51.4 Å². The summed E-state index contributed by atoms with van der Waals surface area (Å²) < 4.78 is 11.4. The number of hydrogen-bond acceptors (Lipinski definition) is 5. The second-order valence-electron chi connectivity index (χ2n) is 9.11. The van der Waals surface area contributed by atoms with Crippen molar-refractivity contribution in [2.45, 2.75) is 44.9 Å². The lowest BCUT2D eigenvalue weighted by Crippen LogP contribution is -2.19. The third kappa shape index (κ3) is 4.56. The Morgan fingerprint density at radius 1 is 1.00 bits per heavy atom. The summed E-state index contributed by atoms with van der Waals surface area (Å²) in [6.07, 6.45) is 2.95. The molecule has 1 aliphatic carbocycles. The molecule has 6 heteroatoms. The second-order valence-corrected chi connectivity index (χ2v) is 9.11. The van der Waals surface area contributed by atoms with Crippen LogP contribution in [-0.2, 0) is 16.6 Å². The number of rotatable bonds is 9. The molecule has 0 radical (unpaired) electrons. The van der Waals surface area contributed by atoms with Gasteiger partial charge in [-0.15, -0.1) is 0 Å². The fraction of sp³-hybridized carbons (Fsp3) is 0.276. The summed E-state index contributed by atoms with van der Waals surface area (Å²) in [6.45, 7) is 4.66. The van der Waals surface area contributed by atoms with Crippen LogP contribution in [0, 0.1) is 6.92 Å². The molecular weight excluding hydrogens is 440 g/mol. The average Bonchev–Trinajstić information content (AvgIpc) is 3.63. The predicted molar refractivity (Wildman–Crippen MR) is 133 cm³/mol. The van der Waals surface area contributed by atoms with Crippen molar-refractivity contribution in [3.05, 3.63) is 89.2 Å². The summed E-state index contributed by atoms with van der Waals surface area (Å²) in [5.41, 5.74) is 5.99. The minimum absolute atomic E-state index is 0.600. The monoisotopic (exact) mass is 468 g/mol. The summed E-state index contributed by atoms with van der Waals surface area (Å²) in [4.78, 5) is 16.2. The SMILES string of the molecule is CCCOc1cccc(Cc2c(C)noc2-c2ccc(-c3ccc(C4(C(=O)O)CC4)cc3)cc2)n1. The maximum absolute atomic E-state index is 11.6. The van der Waals surface area contributed by atoms with Gasteiger partial charge in [-0.05, 0) is 48.9 Å². The lowest BCUT2D eigenvalue weighted by molar-refractivity contribution is -0.140. The standard InChI is InChI=1S/C29H28N2O4/c1-3-17-34-26-6-4-5-24(30-26)18-25-19(2)31-35-27(25)22-9-7-20(8-10-22)21-11-13-23(14-12-21)29(15-16-29)28(32)33/h4-14H,3,15-18H2,1-2H3,(H,32,33). The zero-order valence-corrected chi connectivity index (χ0v) is 20.0. The minimum Gasteiger partial charge on any atom is -0.481 e. The van der Waals surface area contributed by atoms with E-state index in [2.05, 4.69) is 17.1 Å². The Labute approximate surface area is 204 Å². The first-order valence-electron chi connectivity index (χ1n) is 12.0. The first-order chi connectivity index (χ1) is 17.0. The van der Waals surface area contributed by atoms with Crippen molar-refractivity contribution in [2.75, 3.05) is 6.61 Å². The molecule has 178 valence electrons. The van der Waals surface area contributed by atoms with Crippen LogP contribution >= 0.6 is 0 Å². The van der Waals surface area contributed by atoms with Gasteiger partial charge in [-0.25, -0.2) is 4.98 Å².